The topological polar surface area (TPSA) is 92.4 Å². The first-order valence-electron chi connectivity index (χ1n) is 6.05. The van der Waals surface area contributed by atoms with E-state index in [2.05, 4.69) is 5.32 Å². The van der Waals surface area contributed by atoms with E-state index in [9.17, 15) is 9.59 Å². The number of aromatic carboxylic acids is 1. The fourth-order valence-corrected chi connectivity index (χ4v) is 2.40. The van der Waals surface area contributed by atoms with Crippen LogP contribution in [-0.4, -0.2) is 22.5 Å². The molecule has 19 heavy (non-hydrogen) atoms. The molecule has 5 nitrogen and oxygen atoms in total. The standard InChI is InChI=1S/C13H15ClN2O3/c14-9-4-3-8(11(17)18)7-10(9)16-12(19)13(15)5-1-2-6-13/h3-4,7H,1-2,5-6,15H2,(H,16,19)(H,17,18). The van der Waals surface area contributed by atoms with E-state index in [-0.39, 0.29) is 17.2 Å². The van der Waals surface area contributed by atoms with Crippen LogP contribution in [0.25, 0.3) is 0 Å². The summed E-state index contributed by atoms with van der Waals surface area (Å²) in [6, 6.07) is 4.16. The number of hydrogen-bond donors (Lipinski definition) is 3. The Balaban J connectivity index is 2.20. The minimum Gasteiger partial charge on any atom is -0.478 e. The van der Waals surface area contributed by atoms with Gasteiger partial charge in [-0.05, 0) is 31.0 Å². The highest BCUT2D eigenvalue weighted by molar-refractivity contribution is 6.34. The molecule has 1 saturated carbocycles. The predicted molar refractivity (Wildman–Crippen MR) is 72.4 cm³/mol. The third-order valence-electron chi connectivity index (χ3n) is 3.41. The van der Waals surface area contributed by atoms with E-state index in [1.807, 2.05) is 0 Å². The molecular formula is C13H15ClN2O3. The monoisotopic (exact) mass is 282 g/mol. The van der Waals surface area contributed by atoms with Gasteiger partial charge in [0.1, 0.15) is 0 Å². The highest BCUT2D eigenvalue weighted by Gasteiger charge is 2.37. The molecule has 0 spiro atoms. The zero-order chi connectivity index (χ0) is 14.0. The van der Waals surface area contributed by atoms with E-state index >= 15 is 0 Å². The second-order valence-corrected chi connectivity index (χ2v) is 5.22. The first kappa shape index (κ1) is 13.8. The van der Waals surface area contributed by atoms with Gasteiger partial charge in [-0.15, -0.1) is 0 Å². The number of nitrogens with two attached hydrogens (primary N) is 1. The van der Waals surface area contributed by atoms with E-state index in [0.29, 0.717) is 17.9 Å². The Labute approximate surface area is 115 Å². The molecule has 1 fully saturated rings. The van der Waals surface area contributed by atoms with Gasteiger partial charge in [0.25, 0.3) is 0 Å². The number of amides is 1. The number of benzene rings is 1. The molecule has 4 N–H and O–H groups in total. The van der Waals surface area contributed by atoms with Gasteiger partial charge in [0.2, 0.25) is 5.91 Å². The summed E-state index contributed by atoms with van der Waals surface area (Å²) in [5.74, 6) is -1.38. The first-order valence-corrected chi connectivity index (χ1v) is 6.43. The normalized spacial score (nSPS) is 17.2. The summed E-state index contributed by atoms with van der Waals surface area (Å²) in [4.78, 5) is 23.0. The summed E-state index contributed by atoms with van der Waals surface area (Å²) in [5, 5.41) is 11.8. The quantitative estimate of drug-likeness (QED) is 0.793. The lowest BCUT2D eigenvalue weighted by Gasteiger charge is -2.22. The fourth-order valence-electron chi connectivity index (χ4n) is 2.23. The third kappa shape index (κ3) is 2.88. The summed E-state index contributed by atoms with van der Waals surface area (Å²) in [6.07, 6.45) is 3.11. The number of halogens is 1. The Bertz CT molecular complexity index is 525. The van der Waals surface area contributed by atoms with Crippen molar-refractivity contribution in [3.05, 3.63) is 28.8 Å². The van der Waals surface area contributed by atoms with Gasteiger partial charge in [0, 0.05) is 0 Å². The summed E-state index contributed by atoms with van der Waals surface area (Å²) in [7, 11) is 0. The van der Waals surface area contributed by atoms with Crippen LogP contribution in [-0.2, 0) is 4.79 Å². The van der Waals surface area contributed by atoms with Crippen LogP contribution in [0.2, 0.25) is 5.02 Å². The van der Waals surface area contributed by atoms with Crippen LogP contribution in [0.1, 0.15) is 36.0 Å². The maximum atomic E-state index is 12.1. The summed E-state index contributed by atoms with van der Waals surface area (Å²) in [5.41, 5.74) is 5.50. The van der Waals surface area contributed by atoms with Crippen LogP contribution in [0.15, 0.2) is 18.2 Å². The van der Waals surface area contributed by atoms with Gasteiger partial charge in [0.15, 0.2) is 0 Å². The second-order valence-electron chi connectivity index (χ2n) is 4.82. The van der Waals surface area contributed by atoms with Gasteiger partial charge >= 0.3 is 5.97 Å². The molecule has 0 atom stereocenters. The molecule has 0 aromatic heterocycles. The van der Waals surface area contributed by atoms with Crippen LogP contribution in [0, 0.1) is 0 Å². The Morgan fingerprint density at radius 2 is 1.95 bits per heavy atom. The van der Waals surface area contributed by atoms with Gasteiger partial charge in [-0.25, -0.2) is 4.79 Å². The van der Waals surface area contributed by atoms with Crippen molar-refractivity contribution in [2.45, 2.75) is 31.2 Å². The second kappa shape index (κ2) is 5.19. The lowest BCUT2D eigenvalue weighted by Crippen LogP contribution is -2.48. The molecule has 0 heterocycles. The zero-order valence-corrected chi connectivity index (χ0v) is 11.0. The molecule has 1 aromatic rings. The predicted octanol–water partition coefficient (Wildman–Crippen LogP) is 2.25. The van der Waals surface area contributed by atoms with Crippen molar-refractivity contribution in [2.24, 2.45) is 5.73 Å². The molecule has 6 heteroatoms. The highest BCUT2D eigenvalue weighted by Crippen LogP contribution is 2.30. The largest absolute Gasteiger partial charge is 0.478 e. The van der Waals surface area contributed by atoms with Crippen molar-refractivity contribution in [3.63, 3.8) is 0 Å². The number of carbonyl (C=O) groups excluding carboxylic acids is 1. The number of anilines is 1. The molecule has 102 valence electrons. The summed E-state index contributed by atoms with van der Waals surface area (Å²) < 4.78 is 0. The highest BCUT2D eigenvalue weighted by atomic mass is 35.5. The van der Waals surface area contributed by atoms with Crippen molar-refractivity contribution < 1.29 is 14.7 Å². The van der Waals surface area contributed by atoms with Crippen LogP contribution in [0.5, 0.6) is 0 Å². The molecule has 0 bridgehead atoms. The number of nitrogens with one attached hydrogen (secondary N) is 1. The molecular weight excluding hydrogens is 268 g/mol. The third-order valence-corrected chi connectivity index (χ3v) is 3.74. The van der Waals surface area contributed by atoms with Crippen LogP contribution >= 0.6 is 11.6 Å². The van der Waals surface area contributed by atoms with Crippen molar-refractivity contribution in [3.8, 4) is 0 Å². The Hall–Kier alpha value is -1.59. The minimum atomic E-state index is -1.07. The van der Waals surface area contributed by atoms with Gasteiger partial charge in [-0.1, -0.05) is 24.4 Å². The van der Waals surface area contributed by atoms with Crippen molar-refractivity contribution in [1.82, 2.24) is 0 Å². The van der Waals surface area contributed by atoms with Crippen molar-refractivity contribution in [1.29, 1.82) is 0 Å². The maximum absolute atomic E-state index is 12.1. The van der Waals surface area contributed by atoms with Gasteiger partial charge in [-0.2, -0.15) is 0 Å². The lowest BCUT2D eigenvalue weighted by molar-refractivity contribution is -0.121. The molecule has 1 aromatic carbocycles. The Kier molecular flexibility index (Phi) is 3.78. The lowest BCUT2D eigenvalue weighted by atomic mass is 9.98. The SMILES string of the molecule is NC1(C(=O)Nc2cc(C(=O)O)ccc2Cl)CCCC1. The molecule has 0 radical (unpaired) electrons. The molecule has 0 saturated heterocycles. The number of rotatable bonds is 3. The average Bonchev–Trinajstić information content (AvgIpc) is 2.80. The summed E-state index contributed by atoms with van der Waals surface area (Å²) >= 11 is 5.95. The van der Waals surface area contributed by atoms with Crippen molar-refractivity contribution in [2.75, 3.05) is 5.32 Å². The Morgan fingerprint density at radius 3 is 2.53 bits per heavy atom. The van der Waals surface area contributed by atoms with E-state index < -0.39 is 11.5 Å². The minimum absolute atomic E-state index is 0.0668. The first-order chi connectivity index (χ1) is 8.92. The maximum Gasteiger partial charge on any atom is 0.335 e. The molecule has 0 aliphatic heterocycles. The molecule has 1 aliphatic rings. The van der Waals surface area contributed by atoms with Crippen molar-refractivity contribution >= 4 is 29.2 Å². The zero-order valence-electron chi connectivity index (χ0n) is 10.3. The molecule has 1 amide bonds. The number of carbonyl (C=O) groups is 2. The van der Waals surface area contributed by atoms with Gasteiger partial charge in [-0.3, -0.25) is 4.79 Å². The van der Waals surface area contributed by atoms with E-state index in [1.54, 1.807) is 0 Å². The van der Waals surface area contributed by atoms with Crippen LogP contribution in [0.3, 0.4) is 0 Å². The van der Waals surface area contributed by atoms with E-state index in [1.165, 1.54) is 18.2 Å². The Morgan fingerprint density at radius 1 is 1.32 bits per heavy atom. The van der Waals surface area contributed by atoms with Crippen LogP contribution in [0.4, 0.5) is 5.69 Å². The van der Waals surface area contributed by atoms with Crippen LogP contribution < -0.4 is 11.1 Å². The fraction of sp³-hybridized carbons (Fsp3) is 0.385. The molecule has 0 unspecified atom stereocenters. The smallest absolute Gasteiger partial charge is 0.335 e. The number of carboxylic acids is 1. The van der Waals surface area contributed by atoms with Gasteiger partial charge in [0.05, 0.1) is 21.8 Å². The van der Waals surface area contributed by atoms with E-state index in [0.717, 1.165) is 12.8 Å². The van der Waals surface area contributed by atoms with Gasteiger partial charge < -0.3 is 16.2 Å². The summed E-state index contributed by atoms with van der Waals surface area (Å²) in [6.45, 7) is 0. The number of carboxylic acid groups (broad SMARTS) is 1. The number of hydrogen-bond acceptors (Lipinski definition) is 3. The average molecular weight is 283 g/mol. The molecule has 2 rings (SSSR count). The molecule has 1 aliphatic carbocycles. The van der Waals surface area contributed by atoms with E-state index in [4.69, 9.17) is 22.4 Å².